The van der Waals surface area contributed by atoms with Crippen molar-refractivity contribution < 1.29 is 5.11 Å². The normalized spacial score (nSPS) is 21.1. The highest BCUT2D eigenvalue weighted by Crippen LogP contribution is 2.37. The fourth-order valence-electron chi connectivity index (χ4n) is 2.32. The van der Waals surface area contributed by atoms with Crippen LogP contribution in [0.4, 0.5) is 0 Å². The number of hydrogen-bond donors (Lipinski definition) is 2. The second kappa shape index (κ2) is 3.53. The third-order valence-electron chi connectivity index (χ3n) is 3.05. The highest BCUT2D eigenvalue weighted by atomic mass is 16.3. The fraction of sp³-hybridized carbons (Fsp3) is 0.538. The molecule has 1 aromatic carbocycles. The van der Waals surface area contributed by atoms with E-state index in [0.29, 0.717) is 11.8 Å². The van der Waals surface area contributed by atoms with Gasteiger partial charge in [0.1, 0.15) is 5.75 Å². The monoisotopic (exact) mass is 205 g/mol. The lowest BCUT2D eigenvalue weighted by Gasteiger charge is -2.36. The molecular formula is C13H19NO. The molecule has 1 atom stereocenters. The van der Waals surface area contributed by atoms with E-state index in [1.54, 1.807) is 6.07 Å². The predicted octanol–water partition coefficient (Wildman–Crippen LogP) is 2.63. The van der Waals surface area contributed by atoms with Crippen LogP contribution in [0.3, 0.4) is 0 Å². The van der Waals surface area contributed by atoms with Crippen LogP contribution in [-0.4, -0.2) is 11.7 Å². The smallest absolute Gasteiger partial charge is 0.115 e. The first-order valence-electron chi connectivity index (χ1n) is 5.53. The van der Waals surface area contributed by atoms with E-state index >= 15 is 0 Å². The second-order valence-corrected chi connectivity index (χ2v) is 5.39. The molecule has 0 radical (unpaired) electrons. The van der Waals surface area contributed by atoms with Gasteiger partial charge in [0.15, 0.2) is 0 Å². The van der Waals surface area contributed by atoms with Crippen molar-refractivity contribution in [3.8, 4) is 5.75 Å². The number of rotatable bonds is 0. The Morgan fingerprint density at radius 1 is 1.33 bits per heavy atom. The van der Waals surface area contributed by atoms with Gasteiger partial charge in [-0.2, -0.15) is 0 Å². The van der Waals surface area contributed by atoms with Gasteiger partial charge >= 0.3 is 0 Å². The van der Waals surface area contributed by atoms with Crippen LogP contribution in [0.15, 0.2) is 18.2 Å². The lowest BCUT2D eigenvalue weighted by atomic mass is 9.78. The van der Waals surface area contributed by atoms with Gasteiger partial charge in [0.2, 0.25) is 0 Å². The summed E-state index contributed by atoms with van der Waals surface area (Å²) in [4.78, 5) is 0. The zero-order chi connectivity index (χ0) is 11.1. The van der Waals surface area contributed by atoms with Crippen molar-refractivity contribution >= 4 is 0 Å². The topological polar surface area (TPSA) is 32.3 Å². The summed E-state index contributed by atoms with van der Waals surface area (Å²) in [5, 5.41) is 13.0. The van der Waals surface area contributed by atoms with Gasteiger partial charge in [0.05, 0.1) is 0 Å². The molecule has 0 spiro atoms. The van der Waals surface area contributed by atoms with Crippen LogP contribution in [0.25, 0.3) is 0 Å². The Morgan fingerprint density at radius 3 is 2.73 bits per heavy atom. The summed E-state index contributed by atoms with van der Waals surface area (Å²) in [6.45, 7) is 7.73. The summed E-state index contributed by atoms with van der Waals surface area (Å²) in [6.07, 6.45) is 1.01. The van der Waals surface area contributed by atoms with Crippen LogP contribution in [-0.2, 0) is 6.42 Å². The lowest BCUT2D eigenvalue weighted by molar-refractivity contribution is 0.263. The van der Waals surface area contributed by atoms with Crippen molar-refractivity contribution in [3.05, 3.63) is 29.3 Å². The molecule has 0 saturated carbocycles. The highest BCUT2D eigenvalue weighted by molar-refractivity contribution is 5.39. The minimum absolute atomic E-state index is 0.214. The van der Waals surface area contributed by atoms with Crippen LogP contribution in [0.2, 0.25) is 0 Å². The van der Waals surface area contributed by atoms with Crippen LogP contribution >= 0.6 is 0 Å². The van der Waals surface area contributed by atoms with Gasteiger partial charge in [-0.15, -0.1) is 0 Å². The molecule has 0 fully saturated rings. The molecule has 0 bridgehead atoms. The third-order valence-corrected chi connectivity index (χ3v) is 3.05. The Hall–Kier alpha value is -1.02. The van der Waals surface area contributed by atoms with E-state index in [1.807, 2.05) is 12.1 Å². The molecule has 2 heteroatoms. The summed E-state index contributed by atoms with van der Waals surface area (Å²) < 4.78 is 0. The minimum atomic E-state index is 0.214. The fourth-order valence-corrected chi connectivity index (χ4v) is 2.32. The first-order chi connectivity index (χ1) is 6.98. The van der Waals surface area contributed by atoms with E-state index in [1.165, 1.54) is 11.1 Å². The van der Waals surface area contributed by atoms with E-state index < -0.39 is 0 Å². The van der Waals surface area contributed by atoms with E-state index in [2.05, 4.69) is 26.1 Å². The summed E-state index contributed by atoms with van der Waals surface area (Å²) >= 11 is 0. The Labute approximate surface area is 91.3 Å². The molecule has 1 heterocycles. The maximum absolute atomic E-state index is 9.46. The minimum Gasteiger partial charge on any atom is -0.508 e. The van der Waals surface area contributed by atoms with Gasteiger partial charge in [-0.1, -0.05) is 26.8 Å². The third kappa shape index (κ3) is 2.00. The van der Waals surface area contributed by atoms with Gasteiger partial charge in [-0.3, -0.25) is 0 Å². The van der Waals surface area contributed by atoms with Crippen molar-refractivity contribution in [1.82, 2.24) is 5.32 Å². The SMILES string of the molecule is CC(C)(C)C1NCCc2cc(O)ccc21. The van der Waals surface area contributed by atoms with Crippen molar-refractivity contribution in [3.63, 3.8) is 0 Å². The van der Waals surface area contributed by atoms with Crippen molar-refractivity contribution in [2.75, 3.05) is 6.54 Å². The average Bonchev–Trinajstić information content (AvgIpc) is 2.15. The molecule has 1 aromatic rings. The standard InChI is InChI=1S/C13H19NO/c1-13(2,3)12-11-5-4-10(15)8-9(11)6-7-14-12/h4-5,8,12,14-15H,6-7H2,1-3H3. The highest BCUT2D eigenvalue weighted by Gasteiger charge is 2.29. The van der Waals surface area contributed by atoms with E-state index in [0.717, 1.165) is 13.0 Å². The molecule has 0 amide bonds. The number of nitrogens with one attached hydrogen (secondary N) is 1. The maximum atomic E-state index is 9.46. The molecule has 2 rings (SSSR count). The number of phenolic OH excluding ortho intramolecular Hbond substituents is 1. The number of fused-ring (bicyclic) bond motifs is 1. The molecule has 15 heavy (non-hydrogen) atoms. The first-order valence-corrected chi connectivity index (χ1v) is 5.53. The molecule has 0 saturated heterocycles. The predicted molar refractivity (Wildman–Crippen MR) is 62.0 cm³/mol. The zero-order valence-corrected chi connectivity index (χ0v) is 9.67. The van der Waals surface area contributed by atoms with E-state index in [9.17, 15) is 5.11 Å². The molecule has 0 aromatic heterocycles. The Morgan fingerprint density at radius 2 is 2.07 bits per heavy atom. The number of hydrogen-bond acceptors (Lipinski definition) is 2. The first kappa shape index (κ1) is 10.5. The van der Waals surface area contributed by atoms with Gasteiger partial charge in [0, 0.05) is 6.04 Å². The number of aromatic hydroxyl groups is 1. The Balaban J connectivity index is 2.43. The zero-order valence-electron chi connectivity index (χ0n) is 9.67. The summed E-state index contributed by atoms with van der Waals surface area (Å²) in [7, 11) is 0. The van der Waals surface area contributed by atoms with Gasteiger partial charge in [0.25, 0.3) is 0 Å². The molecule has 2 N–H and O–H groups in total. The van der Waals surface area contributed by atoms with E-state index in [4.69, 9.17) is 0 Å². The second-order valence-electron chi connectivity index (χ2n) is 5.39. The molecule has 1 unspecified atom stereocenters. The quantitative estimate of drug-likeness (QED) is 0.682. The molecule has 82 valence electrons. The molecule has 1 aliphatic heterocycles. The maximum Gasteiger partial charge on any atom is 0.115 e. The van der Waals surface area contributed by atoms with Crippen LogP contribution < -0.4 is 5.32 Å². The van der Waals surface area contributed by atoms with Crippen LogP contribution in [0.5, 0.6) is 5.75 Å². The molecule has 2 nitrogen and oxygen atoms in total. The molecule has 0 aliphatic carbocycles. The van der Waals surface area contributed by atoms with Gasteiger partial charge < -0.3 is 10.4 Å². The number of benzene rings is 1. The molecular weight excluding hydrogens is 186 g/mol. The average molecular weight is 205 g/mol. The summed E-state index contributed by atoms with van der Waals surface area (Å²) in [5.41, 5.74) is 2.84. The van der Waals surface area contributed by atoms with E-state index in [-0.39, 0.29) is 5.41 Å². The van der Waals surface area contributed by atoms with Gasteiger partial charge in [-0.25, -0.2) is 0 Å². The van der Waals surface area contributed by atoms with Crippen molar-refractivity contribution in [2.24, 2.45) is 5.41 Å². The van der Waals surface area contributed by atoms with Crippen molar-refractivity contribution in [1.29, 1.82) is 0 Å². The number of phenols is 1. The van der Waals surface area contributed by atoms with Crippen molar-refractivity contribution in [2.45, 2.75) is 33.2 Å². The van der Waals surface area contributed by atoms with Crippen LogP contribution in [0, 0.1) is 5.41 Å². The lowest BCUT2D eigenvalue weighted by Crippen LogP contribution is -2.37. The molecule has 1 aliphatic rings. The van der Waals surface area contributed by atoms with Gasteiger partial charge in [-0.05, 0) is 41.6 Å². The van der Waals surface area contributed by atoms with Crippen LogP contribution in [0.1, 0.15) is 37.9 Å². The largest absolute Gasteiger partial charge is 0.508 e. The Kier molecular flexibility index (Phi) is 2.47. The summed E-state index contributed by atoms with van der Waals surface area (Å²) in [5.74, 6) is 0.378. The Bertz CT molecular complexity index is 365. The summed E-state index contributed by atoms with van der Waals surface area (Å²) in [6, 6.07) is 6.12.